The SMILES string of the molecule is CCCC(CCC)c1n[nH]c(=O)o1. The fourth-order valence-corrected chi connectivity index (χ4v) is 1.50. The van der Waals surface area contributed by atoms with Crippen molar-refractivity contribution in [2.75, 3.05) is 0 Å². The van der Waals surface area contributed by atoms with E-state index in [2.05, 4.69) is 24.0 Å². The lowest BCUT2D eigenvalue weighted by Gasteiger charge is -2.08. The van der Waals surface area contributed by atoms with Crippen LogP contribution in [0.3, 0.4) is 0 Å². The molecule has 4 nitrogen and oxygen atoms in total. The zero-order chi connectivity index (χ0) is 9.68. The van der Waals surface area contributed by atoms with E-state index in [9.17, 15) is 4.79 Å². The van der Waals surface area contributed by atoms with Gasteiger partial charge in [0.2, 0.25) is 5.89 Å². The molecule has 4 heteroatoms. The van der Waals surface area contributed by atoms with Crippen LogP contribution in [-0.2, 0) is 0 Å². The zero-order valence-electron chi connectivity index (χ0n) is 8.17. The molecule has 0 aromatic carbocycles. The van der Waals surface area contributed by atoms with Gasteiger partial charge in [-0.2, -0.15) is 0 Å². The first kappa shape index (κ1) is 10.0. The van der Waals surface area contributed by atoms with Crippen LogP contribution in [0.4, 0.5) is 0 Å². The summed E-state index contributed by atoms with van der Waals surface area (Å²) >= 11 is 0. The first-order valence-electron chi connectivity index (χ1n) is 4.83. The fraction of sp³-hybridized carbons (Fsp3) is 0.778. The molecule has 1 heterocycles. The van der Waals surface area contributed by atoms with E-state index < -0.39 is 5.76 Å². The van der Waals surface area contributed by atoms with Crippen LogP contribution in [0.2, 0.25) is 0 Å². The lowest BCUT2D eigenvalue weighted by atomic mass is 9.98. The van der Waals surface area contributed by atoms with Gasteiger partial charge < -0.3 is 4.42 Å². The van der Waals surface area contributed by atoms with Crippen LogP contribution in [-0.4, -0.2) is 10.2 Å². The highest BCUT2D eigenvalue weighted by Crippen LogP contribution is 2.23. The van der Waals surface area contributed by atoms with Gasteiger partial charge in [-0.3, -0.25) is 0 Å². The van der Waals surface area contributed by atoms with E-state index in [0.29, 0.717) is 11.8 Å². The lowest BCUT2D eigenvalue weighted by molar-refractivity contribution is 0.394. The Morgan fingerprint density at radius 1 is 1.38 bits per heavy atom. The Labute approximate surface area is 77.3 Å². The average Bonchev–Trinajstić information content (AvgIpc) is 2.51. The lowest BCUT2D eigenvalue weighted by Crippen LogP contribution is -1.99. The van der Waals surface area contributed by atoms with Crippen molar-refractivity contribution >= 4 is 0 Å². The predicted octanol–water partition coefficient (Wildman–Crippen LogP) is 2.05. The van der Waals surface area contributed by atoms with Gasteiger partial charge in [0.15, 0.2) is 0 Å². The third kappa shape index (κ3) is 2.72. The van der Waals surface area contributed by atoms with E-state index in [0.717, 1.165) is 25.7 Å². The minimum atomic E-state index is -0.452. The maximum Gasteiger partial charge on any atom is 0.434 e. The van der Waals surface area contributed by atoms with Gasteiger partial charge in [0.1, 0.15) is 0 Å². The molecule has 0 amide bonds. The highest BCUT2D eigenvalue weighted by atomic mass is 16.4. The number of aromatic nitrogens is 2. The van der Waals surface area contributed by atoms with Crippen molar-refractivity contribution in [2.45, 2.75) is 45.4 Å². The minimum Gasteiger partial charge on any atom is -0.392 e. The molecule has 74 valence electrons. The molecule has 1 aromatic heterocycles. The highest BCUT2D eigenvalue weighted by Gasteiger charge is 2.15. The number of nitrogens with zero attached hydrogens (tertiary/aromatic N) is 1. The molecule has 0 spiro atoms. The van der Waals surface area contributed by atoms with E-state index in [1.54, 1.807) is 0 Å². The summed E-state index contributed by atoms with van der Waals surface area (Å²) in [5.41, 5.74) is 0. The molecule has 0 saturated carbocycles. The molecule has 0 fully saturated rings. The average molecular weight is 184 g/mol. The van der Waals surface area contributed by atoms with Crippen molar-refractivity contribution < 1.29 is 4.42 Å². The molecular weight excluding hydrogens is 168 g/mol. The molecule has 0 aliphatic carbocycles. The smallest absolute Gasteiger partial charge is 0.392 e. The van der Waals surface area contributed by atoms with Crippen LogP contribution in [0.5, 0.6) is 0 Å². The summed E-state index contributed by atoms with van der Waals surface area (Å²) in [5.74, 6) is 0.412. The van der Waals surface area contributed by atoms with Gasteiger partial charge in [-0.25, -0.2) is 9.89 Å². The van der Waals surface area contributed by atoms with Crippen LogP contribution in [0.25, 0.3) is 0 Å². The van der Waals surface area contributed by atoms with Gasteiger partial charge in [0, 0.05) is 5.92 Å². The molecular formula is C9H16N2O2. The summed E-state index contributed by atoms with van der Waals surface area (Å²) in [6, 6.07) is 0. The molecule has 0 aliphatic heterocycles. The quantitative estimate of drug-likeness (QED) is 0.761. The molecule has 1 N–H and O–H groups in total. The zero-order valence-corrected chi connectivity index (χ0v) is 8.17. The second-order valence-electron chi connectivity index (χ2n) is 3.23. The standard InChI is InChI=1S/C9H16N2O2/c1-3-5-7(6-4-2)8-10-11-9(12)13-8/h7H,3-6H2,1-2H3,(H,11,12). The van der Waals surface area contributed by atoms with Crippen molar-refractivity contribution in [1.82, 2.24) is 10.2 Å². The first-order chi connectivity index (χ1) is 6.27. The van der Waals surface area contributed by atoms with Gasteiger partial charge in [0.25, 0.3) is 0 Å². The van der Waals surface area contributed by atoms with Crippen LogP contribution in [0.1, 0.15) is 51.3 Å². The van der Waals surface area contributed by atoms with E-state index in [1.165, 1.54) is 0 Å². The first-order valence-corrected chi connectivity index (χ1v) is 4.83. The van der Waals surface area contributed by atoms with Crippen molar-refractivity contribution in [3.63, 3.8) is 0 Å². The number of hydrogen-bond donors (Lipinski definition) is 1. The van der Waals surface area contributed by atoms with Crippen molar-refractivity contribution in [2.24, 2.45) is 0 Å². The minimum absolute atomic E-state index is 0.300. The summed E-state index contributed by atoms with van der Waals surface area (Å²) < 4.78 is 4.93. The molecule has 0 aliphatic rings. The van der Waals surface area contributed by atoms with Gasteiger partial charge in [-0.1, -0.05) is 26.7 Å². The van der Waals surface area contributed by atoms with Crippen LogP contribution in [0, 0.1) is 0 Å². The Morgan fingerprint density at radius 3 is 2.38 bits per heavy atom. The number of nitrogens with one attached hydrogen (secondary N) is 1. The molecule has 1 rings (SSSR count). The molecule has 0 unspecified atom stereocenters. The monoisotopic (exact) mass is 184 g/mol. The highest BCUT2D eigenvalue weighted by molar-refractivity contribution is 4.87. The molecule has 0 saturated heterocycles. The van der Waals surface area contributed by atoms with E-state index >= 15 is 0 Å². The number of H-pyrrole nitrogens is 1. The maximum atomic E-state index is 10.7. The van der Waals surface area contributed by atoms with E-state index in [4.69, 9.17) is 4.42 Å². The van der Waals surface area contributed by atoms with Crippen molar-refractivity contribution in [3.8, 4) is 0 Å². The number of hydrogen-bond acceptors (Lipinski definition) is 3. The Balaban J connectivity index is 2.69. The van der Waals surface area contributed by atoms with Gasteiger partial charge in [-0.15, -0.1) is 5.10 Å². The van der Waals surface area contributed by atoms with Crippen LogP contribution in [0.15, 0.2) is 9.21 Å². The summed E-state index contributed by atoms with van der Waals surface area (Å²) in [5, 5.41) is 6.14. The fourth-order valence-electron chi connectivity index (χ4n) is 1.50. The van der Waals surface area contributed by atoms with Crippen LogP contribution < -0.4 is 5.76 Å². The Hall–Kier alpha value is -1.06. The summed E-state index contributed by atoms with van der Waals surface area (Å²) in [6.45, 7) is 4.24. The third-order valence-corrected chi connectivity index (χ3v) is 2.08. The third-order valence-electron chi connectivity index (χ3n) is 2.08. The second kappa shape index (κ2) is 4.84. The molecule has 0 atom stereocenters. The molecule has 1 aromatic rings. The largest absolute Gasteiger partial charge is 0.434 e. The van der Waals surface area contributed by atoms with Crippen molar-refractivity contribution in [1.29, 1.82) is 0 Å². The molecule has 0 bridgehead atoms. The summed E-state index contributed by atoms with van der Waals surface area (Å²) in [6.07, 6.45) is 4.23. The summed E-state index contributed by atoms with van der Waals surface area (Å²) in [4.78, 5) is 10.7. The maximum absolute atomic E-state index is 10.7. The number of rotatable bonds is 5. The van der Waals surface area contributed by atoms with Gasteiger partial charge >= 0.3 is 5.76 Å². The molecule has 13 heavy (non-hydrogen) atoms. The Morgan fingerprint density at radius 2 is 2.00 bits per heavy atom. The van der Waals surface area contributed by atoms with Crippen molar-refractivity contribution in [3.05, 3.63) is 16.4 Å². The predicted molar refractivity (Wildman–Crippen MR) is 49.7 cm³/mol. The molecule has 0 radical (unpaired) electrons. The van der Waals surface area contributed by atoms with Gasteiger partial charge in [-0.05, 0) is 12.8 Å². The van der Waals surface area contributed by atoms with Crippen LogP contribution >= 0.6 is 0 Å². The second-order valence-corrected chi connectivity index (χ2v) is 3.23. The Kier molecular flexibility index (Phi) is 3.73. The Bertz CT molecular complexity index is 284. The topological polar surface area (TPSA) is 58.9 Å². The van der Waals surface area contributed by atoms with Gasteiger partial charge in [0.05, 0.1) is 0 Å². The normalized spacial score (nSPS) is 11.0. The summed E-state index contributed by atoms with van der Waals surface area (Å²) in [7, 11) is 0. The van der Waals surface area contributed by atoms with E-state index in [1.807, 2.05) is 0 Å². The van der Waals surface area contributed by atoms with E-state index in [-0.39, 0.29) is 0 Å². The number of aromatic amines is 1.